The van der Waals surface area contributed by atoms with Gasteiger partial charge in [-0.3, -0.25) is 0 Å². The van der Waals surface area contributed by atoms with Crippen LogP contribution >= 0.6 is 0 Å². The standard InChI is InChI=1S/C20H29F2N3O3/c21-19(22)28-16-4-5-17-15(12-16)2-1-3-18(17)24-20(27)23-13-14-6-8-25(9-7-14)10-11-26/h4-5,12,14,18-19,26H,1-3,6-11,13H2,(H2,23,24,27). The third-order valence-electron chi connectivity index (χ3n) is 5.63. The number of aliphatic hydroxyl groups is 1. The number of benzene rings is 1. The van der Waals surface area contributed by atoms with Crippen molar-refractivity contribution in [3.05, 3.63) is 29.3 Å². The second-order valence-electron chi connectivity index (χ2n) is 7.55. The summed E-state index contributed by atoms with van der Waals surface area (Å²) >= 11 is 0. The van der Waals surface area contributed by atoms with Crippen molar-refractivity contribution in [1.29, 1.82) is 0 Å². The van der Waals surface area contributed by atoms with Crippen LogP contribution in [-0.4, -0.2) is 55.4 Å². The first-order valence-corrected chi connectivity index (χ1v) is 10.0. The SMILES string of the molecule is O=C(NCC1CCN(CCO)CC1)NC1CCCc2cc(OC(F)F)ccc21. The number of alkyl halides is 2. The maximum atomic E-state index is 12.4. The molecule has 28 heavy (non-hydrogen) atoms. The van der Waals surface area contributed by atoms with Crippen LogP contribution in [0.5, 0.6) is 5.75 Å². The summed E-state index contributed by atoms with van der Waals surface area (Å²) < 4.78 is 29.3. The van der Waals surface area contributed by atoms with Gasteiger partial charge >= 0.3 is 12.6 Å². The lowest BCUT2D eigenvalue weighted by Gasteiger charge is -2.32. The highest BCUT2D eigenvalue weighted by molar-refractivity contribution is 5.74. The first kappa shape index (κ1) is 20.8. The summed E-state index contributed by atoms with van der Waals surface area (Å²) in [6.45, 7) is 0.605. The van der Waals surface area contributed by atoms with E-state index >= 15 is 0 Å². The van der Waals surface area contributed by atoms with Gasteiger partial charge in [0.25, 0.3) is 0 Å². The number of halogens is 2. The van der Waals surface area contributed by atoms with E-state index in [1.165, 1.54) is 6.07 Å². The van der Waals surface area contributed by atoms with E-state index in [0.717, 1.165) is 56.3 Å². The number of carbonyl (C=O) groups excluding carboxylic acids is 1. The fourth-order valence-electron chi connectivity index (χ4n) is 4.12. The van der Waals surface area contributed by atoms with Crippen LogP contribution in [0.2, 0.25) is 0 Å². The molecular formula is C20H29F2N3O3. The van der Waals surface area contributed by atoms with Crippen LogP contribution in [0.25, 0.3) is 0 Å². The van der Waals surface area contributed by atoms with Crippen molar-refractivity contribution in [2.45, 2.75) is 44.8 Å². The monoisotopic (exact) mass is 397 g/mol. The molecule has 1 fully saturated rings. The van der Waals surface area contributed by atoms with E-state index in [-0.39, 0.29) is 24.4 Å². The lowest BCUT2D eigenvalue weighted by atomic mass is 9.87. The number of amides is 2. The predicted molar refractivity (Wildman–Crippen MR) is 102 cm³/mol. The Morgan fingerprint density at radius 3 is 2.79 bits per heavy atom. The molecule has 1 aliphatic carbocycles. The molecule has 0 saturated carbocycles. The van der Waals surface area contributed by atoms with Crippen LogP contribution in [0.1, 0.15) is 42.9 Å². The maximum Gasteiger partial charge on any atom is 0.387 e. The van der Waals surface area contributed by atoms with Crippen LogP contribution in [-0.2, 0) is 6.42 Å². The Balaban J connectivity index is 1.47. The normalized spacial score (nSPS) is 20.6. The molecule has 1 aromatic carbocycles. The van der Waals surface area contributed by atoms with Crippen LogP contribution < -0.4 is 15.4 Å². The van der Waals surface area contributed by atoms with Gasteiger partial charge in [0.15, 0.2) is 0 Å². The average molecular weight is 397 g/mol. The molecule has 3 rings (SSSR count). The Hall–Kier alpha value is -1.93. The fourth-order valence-corrected chi connectivity index (χ4v) is 4.12. The number of likely N-dealkylation sites (tertiary alicyclic amines) is 1. The lowest BCUT2D eigenvalue weighted by molar-refractivity contribution is -0.0499. The second-order valence-corrected chi connectivity index (χ2v) is 7.55. The van der Waals surface area contributed by atoms with E-state index in [9.17, 15) is 13.6 Å². The number of aryl methyl sites for hydroxylation is 1. The Kier molecular flexibility index (Phi) is 7.44. The third kappa shape index (κ3) is 5.78. The van der Waals surface area contributed by atoms with Crippen molar-refractivity contribution < 1.29 is 23.4 Å². The Labute approximate surface area is 164 Å². The van der Waals surface area contributed by atoms with Crippen molar-refractivity contribution in [2.75, 3.05) is 32.8 Å². The first-order valence-electron chi connectivity index (χ1n) is 10.0. The van der Waals surface area contributed by atoms with Crippen molar-refractivity contribution in [1.82, 2.24) is 15.5 Å². The summed E-state index contributed by atoms with van der Waals surface area (Å²) in [5.74, 6) is 0.611. The molecule has 1 saturated heterocycles. The number of carbonyl (C=O) groups is 1. The predicted octanol–water partition coefficient (Wildman–Crippen LogP) is 2.67. The average Bonchev–Trinajstić information content (AvgIpc) is 2.67. The minimum Gasteiger partial charge on any atom is -0.435 e. The zero-order chi connectivity index (χ0) is 19.9. The summed E-state index contributed by atoms with van der Waals surface area (Å²) in [4.78, 5) is 14.6. The number of ether oxygens (including phenoxy) is 1. The molecule has 0 bridgehead atoms. The number of piperidine rings is 1. The number of rotatable bonds is 7. The summed E-state index contributed by atoms with van der Waals surface area (Å²) in [6.07, 6.45) is 4.54. The second kappa shape index (κ2) is 10.0. The Morgan fingerprint density at radius 2 is 2.07 bits per heavy atom. The molecule has 1 unspecified atom stereocenters. The number of hydrogen-bond acceptors (Lipinski definition) is 4. The molecule has 3 N–H and O–H groups in total. The number of hydrogen-bond donors (Lipinski definition) is 3. The van der Waals surface area contributed by atoms with Gasteiger partial charge in [0.2, 0.25) is 0 Å². The molecule has 1 atom stereocenters. The third-order valence-corrected chi connectivity index (χ3v) is 5.63. The number of fused-ring (bicyclic) bond motifs is 1. The highest BCUT2D eigenvalue weighted by Crippen LogP contribution is 2.32. The van der Waals surface area contributed by atoms with E-state index in [1.54, 1.807) is 12.1 Å². The van der Waals surface area contributed by atoms with Gasteiger partial charge < -0.3 is 25.4 Å². The number of β-amino-alcohol motifs (C(OH)–C–C–N with tert-alkyl or cyclic N) is 1. The topological polar surface area (TPSA) is 73.8 Å². The number of nitrogens with zero attached hydrogens (tertiary/aromatic N) is 1. The van der Waals surface area contributed by atoms with Crippen molar-refractivity contribution in [3.63, 3.8) is 0 Å². The molecule has 1 aliphatic heterocycles. The molecular weight excluding hydrogens is 368 g/mol. The highest BCUT2D eigenvalue weighted by Gasteiger charge is 2.24. The van der Waals surface area contributed by atoms with Gasteiger partial charge in [-0.25, -0.2) is 4.79 Å². The Morgan fingerprint density at radius 1 is 1.29 bits per heavy atom. The highest BCUT2D eigenvalue weighted by atomic mass is 19.3. The summed E-state index contributed by atoms with van der Waals surface area (Å²) in [7, 11) is 0. The van der Waals surface area contributed by atoms with Gasteiger partial charge in [0, 0.05) is 13.1 Å². The summed E-state index contributed by atoms with van der Waals surface area (Å²) in [6, 6.07) is 4.64. The summed E-state index contributed by atoms with van der Waals surface area (Å²) in [5, 5.41) is 15.0. The minimum atomic E-state index is -2.84. The van der Waals surface area contributed by atoms with Gasteiger partial charge in [-0.1, -0.05) is 6.07 Å². The van der Waals surface area contributed by atoms with Crippen LogP contribution in [0.3, 0.4) is 0 Å². The van der Waals surface area contributed by atoms with Crippen molar-refractivity contribution in [3.8, 4) is 5.75 Å². The molecule has 1 aromatic rings. The van der Waals surface area contributed by atoms with E-state index in [2.05, 4.69) is 20.3 Å². The van der Waals surface area contributed by atoms with E-state index in [0.29, 0.717) is 19.0 Å². The molecule has 1 heterocycles. The van der Waals surface area contributed by atoms with Crippen LogP contribution in [0, 0.1) is 5.92 Å². The molecule has 0 spiro atoms. The fraction of sp³-hybridized carbons (Fsp3) is 0.650. The molecule has 2 amide bonds. The van der Waals surface area contributed by atoms with E-state index in [1.807, 2.05) is 0 Å². The van der Waals surface area contributed by atoms with Gasteiger partial charge in [-0.05, 0) is 74.4 Å². The van der Waals surface area contributed by atoms with Gasteiger partial charge in [-0.2, -0.15) is 8.78 Å². The van der Waals surface area contributed by atoms with Crippen molar-refractivity contribution in [2.24, 2.45) is 5.92 Å². The smallest absolute Gasteiger partial charge is 0.387 e. The van der Waals surface area contributed by atoms with Gasteiger partial charge in [0.1, 0.15) is 5.75 Å². The molecule has 2 aliphatic rings. The Bertz CT molecular complexity index is 652. The van der Waals surface area contributed by atoms with E-state index < -0.39 is 6.61 Å². The van der Waals surface area contributed by atoms with Crippen LogP contribution in [0.4, 0.5) is 13.6 Å². The molecule has 0 aromatic heterocycles. The molecule has 8 heteroatoms. The minimum absolute atomic E-state index is 0.115. The first-order chi connectivity index (χ1) is 13.5. The number of urea groups is 1. The molecule has 156 valence electrons. The largest absolute Gasteiger partial charge is 0.435 e. The lowest BCUT2D eigenvalue weighted by Crippen LogP contribution is -2.43. The van der Waals surface area contributed by atoms with Gasteiger partial charge in [0.05, 0.1) is 12.6 Å². The number of nitrogens with one attached hydrogen (secondary N) is 2. The van der Waals surface area contributed by atoms with Gasteiger partial charge in [-0.15, -0.1) is 0 Å². The maximum absolute atomic E-state index is 12.4. The molecule has 6 nitrogen and oxygen atoms in total. The van der Waals surface area contributed by atoms with E-state index in [4.69, 9.17) is 5.11 Å². The molecule has 0 radical (unpaired) electrons. The quantitative estimate of drug-likeness (QED) is 0.661. The van der Waals surface area contributed by atoms with Crippen LogP contribution in [0.15, 0.2) is 18.2 Å². The van der Waals surface area contributed by atoms with Crippen molar-refractivity contribution >= 4 is 6.03 Å². The zero-order valence-electron chi connectivity index (χ0n) is 16.0. The zero-order valence-corrected chi connectivity index (χ0v) is 16.0. The number of aliphatic hydroxyl groups excluding tert-OH is 1. The summed E-state index contributed by atoms with van der Waals surface area (Å²) in [5.41, 5.74) is 1.92.